The number of hydrogen-bond donors (Lipinski definition) is 1. The van der Waals surface area contributed by atoms with Gasteiger partial charge in [-0.1, -0.05) is 11.6 Å². The van der Waals surface area contributed by atoms with E-state index in [1.807, 2.05) is 5.38 Å². The van der Waals surface area contributed by atoms with Crippen LogP contribution in [0.2, 0.25) is 5.15 Å². The summed E-state index contributed by atoms with van der Waals surface area (Å²) in [6.07, 6.45) is 2.67. The summed E-state index contributed by atoms with van der Waals surface area (Å²) in [5.41, 5.74) is 0. The molecule has 1 aliphatic heterocycles. The normalized spacial score (nSPS) is 22.1. The molecular formula is C8H11ClN2OS. The Labute approximate surface area is 86.1 Å². The van der Waals surface area contributed by atoms with Crippen LogP contribution in [0.5, 0.6) is 0 Å². The Morgan fingerprint density at radius 2 is 2.69 bits per heavy atom. The number of halogens is 1. The summed E-state index contributed by atoms with van der Waals surface area (Å²) in [5, 5.41) is 6.46. The van der Waals surface area contributed by atoms with Crippen molar-refractivity contribution in [3.63, 3.8) is 0 Å². The molecule has 0 saturated carbocycles. The van der Waals surface area contributed by atoms with Crippen LogP contribution in [0.3, 0.4) is 0 Å². The van der Waals surface area contributed by atoms with Crippen molar-refractivity contribution >= 4 is 28.1 Å². The lowest BCUT2D eigenvalue weighted by atomic mass is 10.2. The van der Waals surface area contributed by atoms with Crippen molar-refractivity contribution in [3.05, 3.63) is 10.5 Å². The number of nitrogens with zero attached hydrogens (tertiary/aromatic N) is 1. The molecule has 1 aromatic heterocycles. The monoisotopic (exact) mass is 218 g/mol. The van der Waals surface area contributed by atoms with Crippen LogP contribution in [0.25, 0.3) is 0 Å². The highest BCUT2D eigenvalue weighted by atomic mass is 35.5. The number of thiazole rings is 1. The number of nitrogens with one attached hydrogen (secondary N) is 1. The summed E-state index contributed by atoms with van der Waals surface area (Å²) in [6.45, 7) is 1.73. The molecule has 1 aliphatic rings. The van der Waals surface area contributed by atoms with Crippen LogP contribution in [0, 0.1) is 0 Å². The van der Waals surface area contributed by atoms with Crippen molar-refractivity contribution in [1.82, 2.24) is 4.98 Å². The zero-order valence-corrected chi connectivity index (χ0v) is 8.70. The zero-order chi connectivity index (χ0) is 9.10. The zero-order valence-electron chi connectivity index (χ0n) is 7.12. The van der Waals surface area contributed by atoms with Gasteiger partial charge in [0.15, 0.2) is 5.13 Å². The molecule has 0 aromatic carbocycles. The molecule has 1 unspecified atom stereocenters. The lowest BCUT2D eigenvalue weighted by Gasteiger charge is -2.08. The van der Waals surface area contributed by atoms with Gasteiger partial charge in [0, 0.05) is 18.5 Å². The van der Waals surface area contributed by atoms with Crippen molar-refractivity contribution < 1.29 is 4.74 Å². The minimum Gasteiger partial charge on any atom is -0.376 e. The van der Waals surface area contributed by atoms with Gasteiger partial charge in [-0.25, -0.2) is 4.98 Å². The average Bonchev–Trinajstić information content (AvgIpc) is 2.71. The summed E-state index contributed by atoms with van der Waals surface area (Å²) < 4.78 is 5.46. The molecule has 1 fully saturated rings. The van der Waals surface area contributed by atoms with Crippen molar-refractivity contribution in [1.29, 1.82) is 0 Å². The maximum Gasteiger partial charge on any atom is 0.184 e. The first-order valence-corrected chi connectivity index (χ1v) is 5.57. The number of anilines is 1. The fraction of sp³-hybridized carbons (Fsp3) is 0.625. The molecule has 0 aliphatic carbocycles. The van der Waals surface area contributed by atoms with Gasteiger partial charge in [-0.2, -0.15) is 0 Å². The van der Waals surface area contributed by atoms with Crippen molar-refractivity contribution in [2.75, 3.05) is 18.5 Å². The minimum atomic E-state index is 0.350. The Kier molecular flexibility index (Phi) is 3.03. The third kappa shape index (κ3) is 2.56. The first-order valence-electron chi connectivity index (χ1n) is 4.31. The predicted molar refractivity (Wildman–Crippen MR) is 54.6 cm³/mol. The van der Waals surface area contributed by atoms with Crippen molar-refractivity contribution in [2.24, 2.45) is 0 Å². The van der Waals surface area contributed by atoms with Gasteiger partial charge in [-0.15, -0.1) is 11.3 Å². The van der Waals surface area contributed by atoms with Gasteiger partial charge in [-0.3, -0.25) is 0 Å². The highest BCUT2D eigenvalue weighted by Gasteiger charge is 2.15. The van der Waals surface area contributed by atoms with Crippen molar-refractivity contribution in [2.45, 2.75) is 18.9 Å². The van der Waals surface area contributed by atoms with E-state index in [9.17, 15) is 0 Å². The molecule has 0 bridgehead atoms. The second-order valence-electron chi connectivity index (χ2n) is 2.99. The summed E-state index contributed by atoms with van der Waals surface area (Å²) in [5.74, 6) is 0. The molecule has 72 valence electrons. The lowest BCUT2D eigenvalue weighted by molar-refractivity contribution is 0.120. The molecule has 2 rings (SSSR count). The number of ether oxygens (including phenoxy) is 1. The molecule has 3 nitrogen and oxygen atoms in total. The van der Waals surface area contributed by atoms with Crippen LogP contribution in [-0.2, 0) is 4.74 Å². The number of rotatable bonds is 3. The summed E-state index contributed by atoms with van der Waals surface area (Å²) >= 11 is 7.21. The highest BCUT2D eigenvalue weighted by Crippen LogP contribution is 2.20. The van der Waals surface area contributed by atoms with Crippen LogP contribution in [0.1, 0.15) is 12.8 Å². The molecule has 0 amide bonds. The molecule has 1 N–H and O–H groups in total. The van der Waals surface area contributed by atoms with Crippen LogP contribution in [0.15, 0.2) is 5.38 Å². The Morgan fingerprint density at radius 1 is 1.77 bits per heavy atom. The fourth-order valence-corrected chi connectivity index (χ4v) is 2.19. The number of hydrogen-bond acceptors (Lipinski definition) is 4. The topological polar surface area (TPSA) is 34.1 Å². The van der Waals surface area contributed by atoms with E-state index in [0.717, 1.165) is 24.7 Å². The van der Waals surface area contributed by atoms with E-state index < -0.39 is 0 Å². The smallest absolute Gasteiger partial charge is 0.184 e. The molecule has 0 spiro atoms. The Hall–Kier alpha value is -0.320. The van der Waals surface area contributed by atoms with E-state index in [-0.39, 0.29) is 0 Å². The molecular weight excluding hydrogens is 208 g/mol. The molecule has 2 heterocycles. The van der Waals surface area contributed by atoms with Crippen LogP contribution >= 0.6 is 22.9 Å². The Bertz CT molecular complexity index is 273. The van der Waals surface area contributed by atoms with E-state index in [1.165, 1.54) is 17.8 Å². The third-order valence-electron chi connectivity index (χ3n) is 1.98. The van der Waals surface area contributed by atoms with E-state index in [1.54, 1.807) is 0 Å². The van der Waals surface area contributed by atoms with E-state index in [0.29, 0.717) is 11.3 Å². The fourth-order valence-electron chi connectivity index (χ4n) is 1.34. The number of aromatic nitrogens is 1. The van der Waals surface area contributed by atoms with Gasteiger partial charge in [0.25, 0.3) is 0 Å². The van der Waals surface area contributed by atoms with E-state index in [2.05, 4.69) is 10.3 Å². The maximum atomic E-state index is 5.68. The van der Waals surface area contributed by atoms with E-state index >= 15 is 0 Å². The lowest BCUT2D eigenvalue weighted by Crippen LogP contribution is -2.18. The first kappa shape index (κ1) is 9.24. The van der Waals surface area contributed by atoms with Crippen LogP contribution in [0.4, 0.5) is 5.13 Å². The third-order valence-corrected chi connectivity index (χ3v) is 3.10. The molecule has 1 atom stereocenters. The average molecular weight is 219 g/mol. The maximum absolute atomic E-state index is 5.68. The largest absolute Gasteiger partial charge is 0.376 e. The second kappa shape index (κ2) is 4.26. The SMILES string of the molecule is Clc1csc(NCC2CCCO2)n1. The molecule has 0 radical (unpaired) electrons. The second-order valence-corrected chi connectivity index (χ2v) is 4.24. The predicted octanol–water partition coefficient (Wildman–Crippen LogP) is 2.39. The van der Waals surface area contributed by atoms with Gasteiger partial charge < -0.3 is 10.1 Å². The van der Waals surface area contributed by atoms with Gasteiger partial charge in [-0.05, 0) is 12.8 Å². The van der Waals surface area contributed by atoms with Crippen molar-refractivity contribution in [3.8, 4) is 0 Å². The van der Waals surface area contributed by atoms with Gasteiger partial charge in [0.05, 0.1) is 6.10 Å². The van der Waals surface area contributed by atoms with Gasteiger partial charge in [0.1, 0.15) is 5.15 Å². The molecule has 5 heteroatoms. The van der Waals surface area contributed by atoms with Gasteiger partial charge in [0.2, 0.25) is 0 Å². The summed E-state index contributed by atoms with van der Waals surface area (Å²) in [6, 6.07) is 0. The molecule has 1 saturated heterocycles. The van der Waals surface area contributed by atoms with Crippen LogP contribution < -0.4 is 5.32 Å². The standard InChI is InChI=1S/C8H11ClN2OS/c9-7-5-13-8(11-7)10-4-6-2-1-3-12-6/h5-6H,1-4H2,(H,10,11). The van der Waals surface area contributed by atoms with E-state index in [4.69, 9.17) is 16.3 Å². The van der Waals surface area contributed by atoms with Gasteiger partial charge >= 0.3 is 0 Å². The van der Waals surface area contributed by atoms with Crippen LogP contribution in [-0.4, -0.2) is 24.2 Å². The Morgan fingerprint density at radius 3 is 3.31 bits per heavy atom. The summed E-state index contributed by atoms with van der Waals surface area (Å²) in [7, 11) is 0. The molecule has 1 aromatic rings. The minimum absolute atomic E-state index is 0.350. The highest BCUT2D eigenvalue weighted by molar-refractivity contribution is 7.14. The Balaban J connectivity index is 1.78. The molecule has 13 heavy (non-hydrogen) atoms. The summed E-state index contributed by atoms with van der Waals surface area (Å²) in [4.78, 5) is 4.09. The quantitative estimate of drug-likeness (QED) is 0.846. The first-order chi connectivity index (χ1) is 6.34.